The van der Waals surface area contributed by atoms with Crippen LogP contribution in [0.2, 0.25) is 0 Å². The van der Waals surface area contributed by atoms with Crippen LogP contribution in [0.15, 0.2) is 0 Å². The fraction of sp³-hybridized carbons (Fsp3) is 0.758. The molecule has 1 aromatic carbocycles. The number of nitrogens with two attached hydrogens (primary N) is 1. The number of primary amides is 1. The standard InChI is InChI=1S/C33H55NO4/c1-22(2)12-9-13-23(3)14-10-15-24(4)16-11-20-33(8)21-19-28-27(7)31(25(5)26(6)32(28)38-33)37-30(36)18-17-29(34)35/h22-24H,9-21H2,1-8H3,(H2,34,35)/t23-,24-,33-/m1/s1. The molecule has 1 aliphatic rings. The first-order valence-corrected chi connectivity index (χ1v) is 15.1. The lowest BCUT2D eigenvalue weighted by atomic mass is 9.83. The summed E-state index contributed by atoms with van der Waals surface area (Å²) < 4.78 is 12.4. The molecule has 1 aromatic rings. The van der Waals surface area contributed by atoms with Gasteiger partial charge in [-0.05, 0) is 87.8 Å². The van der Waals surface area contributed by atoms with Gasteiger partial charge in [-0.1, -0.05) is 72.6 Å². The third-order valence-corrected chi connectivity index (χ3v) is 8.63. The van der Waals surface area contributed by atoms with Crippen LogP contribution in [0.25, 0.3) is 0 Å². The first-order valence-electron chi connectivity index (χ1n) is 15.1. The Morgan fingerprint density at radius 2 is 1.45 bits per heavy atom. The molecule has 1 amide bonds. The third-order valence-electron chi connectivity index (χ3n) is 8.63. The van der Waals surface area contributed by atoms with Crippen molar-refractivity contribution in [2.75, 3.05) is 0 Å². The summed E-state index contributed by atoms with van der Waals surface area (Å²) >= 11 is 0. The van der Waals surface area contributed by atoms with E-state index in [1.807, 2.05) is 20.8 Å². The molecular formula is C33H55NO4. The van der Waals surface area contributed by atoms with Crippen molar-refractivity contribution in [3.05, 3.63) is 22.3 Å². The van der Waals surface area contributed by atoms with Gasteiger partial charge in [0.25, 0.3) is 0 Å². The second kappa shape index (κ2) is 14.9. The number of hydrogen-bond acceptors (Lipinski definition) is 4. The number of carbonyl (C=O) groups excluding carboxylic acids is 2. The molecule has 1 aliphatic heterocycles. The summed E-state index contributed by atoms with van der Waals surface area (Å²) in [7, 11) is 0. The minimum absolute atomic E-state index is 0.00149. The highest BCUT2D eigenvalue weighted by molar-refractivity contribution is 5.81. The Morgan fingerprint density at radius 1 is 0.868 bits per heavy atom. The van der Waals surface area contributed by atoms with E-state index in [9.17, 15) is 9.59 Å². The summed E-state index contributed by atoms with van der Waals surface area (Å²) in [5.41, 5.74) is 9.07. The quantitative estimate of drug-likeness (QED) is 0.172. The molecule has 0 saturated carbocycles. The fourth-order valence-corrected chi connectivity index (χ4v) is 5.80. The lowest BCUT2D eigenvalue weighted by molar-refractivity contribution is -0.136. The summed E-state index contributed by atoms with van der Waals surface area (Å²) in [5, 5.41) is 0. The first kappa shape index (κ1) is 32.2. The van der Waals surface area contributed by atoms with E-state index < -0.39 is 11.9 Å². The minimum atomic E-state index is -0.499. The van der Waals surface area contributed by atoms with Crippen molar-refractivity contribution in [2.45, 2.75) is 144 Å². The Kier molecular flexibility index (Phi) is 12.6. The van der Waals surface area contributed by atoms with Gasteiger partial charge in [0.05, 0.1) is 6.42 Å². The van der Waals surface area contributed by atoms with Gasteiger partial charge in [0.2, 0.25) is 5.91 Å². The lowest BCUT2D eigenvalue weighted by Crippen LogP contribution is -2.37. The Bertz CT molecular complexity index is 938. The molecule has 3 atom stereocenters. The third kappa shape index (κ3) is 9.93. The minimum Gasteiger partial charge on any atom is -0.487 e. The summed E-state index contributed by atoms with van der Waals surface area (Å²) in [5.74, 6) is 3.08. The molecular weight excluding hydrogens is 474 g/mol. The number of amides is 1. The molecule has 5 nitrogen and oxygen atoms in total. The maximum Gasteiger partial charge on any atom is 0.311 e. The zero-order valence-electron chi connectivity index (χ0n) is 25.6. The topological polar surface area (TPSA) is 78.6 Å². The van der Waals surface area contributed by atoms with Crippen LogP contribution in [-0.4, -0.2) is 17.5 Å². The zero-order valence-corrected chi connectivity index (χ0v) is 25.6. The van der Waals surface area contributed by atoms with E-state index in [0.717, 1.165) is 65.0 Å². The van der Waals surface area contributed by atoms with Crippen LogP contribution in [0.4, 0.5) is 0 Å². The zero-order chi connectivity index (χ0) is 28.5. The average molecular weight is 530 g/mol. The van der Waals surface area contributed by atoms with Crippen molar-refractivity contribution < 1.29 is 19.1 Å². The second-order valence-corrected chi connectivity index (χ2v) is 12.9. The average Bonchev–Trinajstić information content (AvgIpc) is 2.83. The van der Waals surface area contributed by atoms with Crippen molar-refractivity contribution in [3.63, 3.8) is 0 Å². The molecule has 5 heteroatoms. The van der Waals surface area contributed by atoms with Gasteiger partial charge in [0, 0.05) is 12.0 Å². The van der Waals surface area contributed by atoms with Crippen LogP contribution in [0.5, 0.6) is 11.5 Å². The molecule has 0 spiro atoms. The predicted molar refractivity (Wildman–Crippen MR) is 157 cm³/mol. The van der Waals surface area contributed by atoms with Gasteiger partial charge in [0.15, 0.2) is 0 Å². The normalized spacial score (nSPS) is 18.6. The van der Waals surface area contributed by atoms with Gasteiger partial charge in [-0.25, -0.2) is 0 Å². The smallest absolute Gasteiger partial charge is 0.311 e. The number of rotatable bonds is 16. The highest BCUT2D eigenvalue weighted by Gasteiger charge is 2.34. The predicted octanol–water partition coefficient (Wildman–Crippen LogP) is 8.31. The molecule has 2 N–H and O–H groups in total. The monoisotopic (exact) mass is 529 g/mol. The molecule has 0 aliphatic carbocycles. The molecule has 0 radical (unpaired) electrons. The van der Waals surface area contributed by atoms with Crippen LogP contribution in [0, 0.1) is 38.5 Å². The molecule has 0 fully saturated rings. The van der Waals surface area contributed by atoms with Gasteiger partial charge in [-0.15, -0.1) is 0 Å². The fourth-order valence-electron chi connectivity index (χ4n) is 5.80. The Hall–Kier alpha value is -2.04. The van der Waals surface area contributed by atoms with E-state index in [2.05, 4.69) is 34.6 Å². The van der Waals surface area contributed by atoms with Crippen molar-refractivity contribution in [3.8, 4) is 11.5 Å². The number of carbonyl (C=O) groups is 2. The first-order chi connectivity index (χ1) is 17.8. The summed E-state index contributed by atoms with van der Waals surface area (Å²) in [6.45, 7) is 17.7. The largest absolute Gasteiger partial charge is 0.487 e. The number of benzene rings is 1. The molecule has 2 rings (SSSR count). The molecule has 0 bridgehead atoms. The van der Waals surface area contributed by atoms with Crippen molar-refractivity contribution in [1.29, 1.82) is 0 Å². The Labute approximate surface area is 232 Å². The summed E-state index contributed by atoms with van der Waals surface area (Å²) in [6, 6.07) is 0. The molecule has 0 aromatic heterocycles. The summed E-state index contributed by atoms with van der Waals surface area (Å²) in [4.78, 5) is 23.3. The van der Waals surface area contributed by atoms with Crippen LogP contribution in [0.1, 0.15) is 134 Å². The van der Waals surface area contributed by atoms with E-state index in [1.165, 1.54) is 51.4 Å². The van der Waals surface area contributed by atoms with Crippen molar-refractivity contribution in [2.24, 2.45) is 23.5 Å². The van der Waals surface area contributed by atoms with Crippen molar-refractivity contribution in [1.82, 2.24) is 0 Å². The van der Waals surface area contributed by atoms with Crippen molar-refractivity contribution >= 4 is 11.9 Å². The Balaban J connectivity index is 1.87. The molecule has 216 valence electrons. The van der Waals surface area contributed by atoms with E-state index in [1.54, 1.807) is 0 Å². The van der Waals surface area contributed by atoms with E-state index in [0.29, 0.717) is 5.75 Å². The Morgan fingerprint density at radius 3 is 2.03 bits per heavy atom. The number of ether oxygens (including phenoxy) is 2. The number of esters is 1. The number of fused-ring (bicyclic) bond motifs is 1. The van der Waals surface area contributed by atoms with Gasteiger partial charge in [0.1, 0.15) is 17.1 Å². The maximum absolute atomic E-state index is 12.3. The van der Waals surface area contributed by atoms with Gasteiger partial charge in [-0.2, -0.15) is 0 Å². The van der Waals surface area contributed by atoms with Gasteiger partial charge < -0.3 is 15.2 Å². The molecule has 0 unspecified atom stereocenters. The van der Waals surface area contributed by atoms with E-state index >= 15 is 0 Å². The lowest BCUT2D eigenvalue weighted by Gasteiger charge is -2.38. The van der Waals surface area contributed by atoms with E-state index in [-0.39, 0.29) is 18.4 Å². The van der Waals surface area contributed by atoms with Crippen LogP contribution >= 0.6 is 0 Å². The van der Waals surface area contributed by atoms with Gasteiger partial charge >= 0.3 is 5.97 Å². The van der Waals surface area contributed by atoms with Crippen LogP contribution < -0.4 is 15.2 Å². The van der Waals surface area contributed by atoms with E-state index in [4.69, 9.17) is 15.2 Å². The highest BCUT2D eigenvalue weighted by Crippen LogP contribution is 2.45. The second-order valence-electron chi connectivity index (χ2n) is 12.9. The summed E-state index contributed by atoms with van der Waals surface area (Å²) in [6.07, 6.45) is 13.5. The van der Waals surface area contributed by atoms with Gasteiger partial charge in [-0.3, -0.25) is 9.59 Å². The SMILES string of the molecule is Cc1c(C)c2c(c(C)c1OC(=O)CCC(N)=O)CC[C@@](C)(CCC[C@H](C)CCC[C@H](C)CCCC(C)C)O2. The maximum atomic E-state index is 12.3. The van der Waals surface area contributed by atoms with Crippen LogP contribution in [-0.2, 0) is 16.0 Å². The number of hydrogen-bond donors (Lipinski definition) is 1. The van der Waals surface area contributed by atoms with Crippen LogP contribution in [0.3, 0.4) is 0 Å². The molecule has 1 heterocycles. The molecule has 38 heavy (non-hydrogen) atoms. The highest BCUT2D eigenvalue weighted by atomic mass is 16.5. The molecule has 0 saturated heterocycles.